The third-order valence-corrected chi connectivity index (χ3v) is 4.56. The summed E-state index contributed by atoms with van der Waals surface area (Å²) in [5, 5.41) is 0. The lowest BCUT2D eigenvalue weighted by Crippen LogP contribution is -2.29. The van der Waals surface area contributed by atoms with Crippen LogP contribution in [0.5, 0.6) is 5.75 Å². The van der Waals surface area contributed by atoms with Gasteiger partial charge in [-0.25, -0.2) is 12.7 Å². The Bertz CT molecular complexity index is 500. The lowest BCUT2D eigenvalue weighted by Gasteiger charge is -2.18. The van der Waals surface area contributed by atoms with Crippen LogP contribution in [-0.4, -0.2) is 40.0 Å². The van der Waals surface area contributed by atoms with Gasteiger partial charge in [0.25, 0.3) is 0 Å². The number of hydrogen-bond donors (Lipinski definition) is 1. The molecule has 0 fully saturated rings. The van der Waals surface area contributed by atoms with Crippen molar-refractivity contribution < 1.29 is 13.2 Å². The van der Waals surface area contributed by atoms with Crippen LogP contribution in [0.2, 0.25) is 0 Å². The highest BCUT2D eigenvalue weighted by molar-refractivity contribution is 7.89. The molecule has 0 atom stereocenters. The Hall–Kier alpha value is -1.11. The summed E-state index contributed by atoms with van der Waals surface area (Å²) >= 11 is 0. The first kappa shape index (κ1) is 14.9. The van der Waals surface area contributed by atoms with Crippen LogP contribution < -0.4 is 10.5 Å². The van der Waals surface area contributed by atoms with E-state index in [0.717, 1.165) is 5.56 Å². The highest BCUT2D eigenvalue weighted by Gasteiger charge is 2.24. The predicted octanol–water partition coefficient (Wildman–Crippen LogP) is 0.973. The molecule has 0 heterocycles. The molecule has 1 aromatic rings. The molecule has 0 bridgehead atoms. The van der Waals surface area contributed by atoms with Gasteiger partial charge in [-0.2, -0.15) is 0 Å². The van der Waals surface area contributed by atoms with Gasteiger partial charge in [0, 0.05) is 13.6 Å². The van der Waals surface area contributed by atoms with Crippen molar-refractivity contribution in [2.75, 3.05) is 27.2 Å². The molecule has 0 unspecified atom stereocenters. The zero-order valence-electron chi connectivity index (χ0n) is 11.0. The molecule has 18 heavy (non-hydrogen) atoms. The quantitative estimate of drug-likeness (QED) is 0.837. The third kappa shape index (κ3) is 3.22. The number of rotatable bonds is 6. The van der Waals surface area contributed by atoms with Gasteiger partial charge in [-0.1, -0.05) is 6.07 Å². The lowest BCUT2D eigenvalue weighted by atomic mass is 10.2. The van der Waals surface area contributed by atoms with Gasteiger partial charge in [0.05, 0.1) is 7.11 Å². The first-order valence-electron chi connectivity index (χ1n) is 5.74. The van der Waals surface area contributed by atoms with Crippen LogP contribution in [0.25, 0.3) is 0 Å². The number of ether oxygens (including phenoxy) is 1. The largest absolute Gasteiger partial charge is 0.495 e. The second kappa shape index (κ2) is 6.17. The molecule has 0 aliphatic rings. The third-order valence-electron chi connectivity index (χ3n) is 2.68. The first-order chi connectivity index (χ1) is 8.43. The van der Waals surface area contributed by atoms with E-state index in [1.165, 1.54) is 11.4 Å². The first-order valence-corrected chi connectivity index (χ1v) is 7.18. The number of nitrogens with zero attached hydrogens (tertiary/aromatic N) is 1. The Kier molecular flexibility index (Phi) is 5.13. The van der Waals surface area contributed by atoms with Crippen LogP contribution in [0.15, 0.2) is 23.1 Å². The van der Waals surface area contributed by atoms with Gasteiger partial charge in [-0.3, -0.25) is 0 Å². The van der Waals surface area contributed by atoms with Gasteiger partial charge in [-0.15, -0.1) is 0 Å². The Balaban J connectivity index is 3.14. The van der Waals surface area contributed by atoms with Gasteiger partial charge in [-0.05, 0) is 37.6 Å². The summed E-state index contributed by atoms with van der Waals surface area (Å²) in [6.45, 7) is 2.71. The summed E-state index contributed by atoms with van der Waals surface area (Å²) in [4.78, 5) is 0.199. The second-order valence-electron chi connectivity index (χ2n) is 4.12. The van der Waals surface area contributed by atoms with Crippen molar-refractivity contribution >= 4 is 10.0 Å². The molecule has 102 valence electrons. The Morgan fingerprint density at radius 1 is 1.39 bits per heavy atom. The van der Waals surface area contributed by atoms with Crippen molar-refractivity contribution in [1.29, 1.82) is 0 Å². The maximum absolute atomic E-state index is 12.4. The van der Waals surface area contributed by atoms with Crippen LogP contribution in [0, 0.1) is 6.92 Å². The van der Waals surface area contributed by atoms with E-state index in [0.29, 0.717) is 25.3 Å². The Labute approximate surface area is 109 Å². The van der Waals surface area contributed by atoms with Crippen LogP contribution in [0.4, 0.5) is 0 Å². The van der Waals surface area contributed by atoms with Crippen molar-refractivity contribution in [3.8, 4) is 5.75 Å². The van der Waals surface area contributed by atoms with E-state index < -0.39 is 10.0 Å². The lowest BCUT2D eigenvalue weighted by molar-refractivity contribution is 0.397. The molecule has 5 nitrogen and oxygen atoms in total. The van der Waals surface area contributed by atoms with Crippen LogP contribution in [0.1, 0.15) is 12.0 Å². The van der Waals surface area contributed by atoms with Gasteiger partial charge in [0.2, 0.25) is 10.0 Å². The minimum absolute atomic E-state index is 0.199. The predicted molar refractivity (Wildman–Crippen MR) is 71.2 cm³/mol. The molecule has 0 aliphatic carbocycles. The highest BCUT2D eigenvalue weighted by Crippen LogP contribution is 2.27. The van der Waals surface area contributed by atoms with Crippen molar-refractivity contribution in [3.05, 3.63) is 23.8 Å². The number of nitrogens with two attached hydrogens (primary N) is 1. The molecule has 0 saturated heterocycles. The van der Waals surface area contributed by atoms with E-state index in [-0.39, 0.29) is 4.90 Å². The number of aryl methyl sites for hydroxylation is 1. The van der Waals surface area contributed by atoms with Crippen LogP contribution >= 0.6 is 0 Å². The van der Waals surface area contributed by atoms with Gasteiger partial charge in [0.15, 0.2) is 0 Å². The maximum Gasteiger partial charge on any atom is 0.246 e. The van der Waals surface area contributed by atoms with E-state index in [9.17, 15) is 8.42 Å². The Morgan fingerprint density at radius 3 is 2.61 bits per heavy atom. The SMILES string of the molecule is COc1ccc(C)cc1S(=O)(=O)N(C)CCCN. The summed E-state index contributed by atoms with van der Waals surface area (Å²) in [6, 6.07) is 5.10. The van der Waals surface area contributed by atoms with E-state index in [4.69, 9.17) is 10.5 Å². The minimum Gasteiger partial charge on any atom is -0.495 e. The molecule has 0 saturated carbocycles. The fraction of sp³-hybridized carbons (Fsp3) is 0.500. The molecule has 0 radical (unpaired) electrons. The van der Waals surface area contributed by atoms with Gasteiger partial charge < -0.3 is 10.5 Å². The number of benzene rings is 1. The minimum atomic E-state index is -3.52. The summed E-state index contributed by atoms with van der Waals surface area (Å²) in [5.74, 6) is 0.361. The molecule has 0 aromatic heterocycles. The summed E-state index contributed by atoms with van der Waals surface area (Å²) in [6.07, 6.45) is 0.629. The summed E-state index contributed by atoms with van der Waals surface area (Å²) in [5.41, 5.74) is 6.27. The zero-order valence-corrected chi connectivity index (χ0v) is 11.8. The normalized spacial score (nSPS) is 11.8. The second-order valence-corrected chi connectivity index (χ2v) is 6.14. The molecular formula is C12H20N2O3S. The topological polar surface area (TPSA) is 72.6 Å². The standard InChI is InChI=1S/C12H20N2O3S/c1-10-5-6-11(17-3)12(9-10)18(15,16)14(2)8-4-7-13/h5-6,9H,4,7-8,13H2,1-3H3. The number of hydrogen-bond acceptors (Lipinski definition) is 4. The van der Waals surface area contributed by atoms with Crippen LogP contribution in [-0.2, 0) is 10.0 Å². The Morgan fingerprint density at radius 2 is 2.06 bits per heavy atom. The monoisotopic (exact) mass is 272 g/mol. The van der Waals surface area contributed by atoms with E-state index >= 15 is 0 Å². The molecule has 1 rings (SSSR count). The fourth-order valence-corrected chi connectivity index (χ4v) is 3.03. The van der Waals surface area contributed by atoms with Crippen molar-refractivity contribution in [2.45, 2.75) is 18.2 Å². The van der Waals surface area contributed by atoms with Crippen LogP contribution in [0.3, 0.4) is 0 Å². The van der Waals surface area contributed by atoms with Gasteiger partial charge in [0.1, 0.15) is 10.6 Å². The van der Waals surface area contributed by atoms with Crippen molar-refractivity contribution in [1.82, 2.24) is 4.31 Å². The zero-order chi connectivity index (χ0) is 13.8. The summed E-state index contributed by atoms with van der Waals surface area (Å²) in [7, 11) is -0.513. The molecule has 0 aliphatic heterocycles. The average molecular weight is 272 g/mol. The average Bonchev–Trinajstić information content (AvgIpc) is 2.35. The van der Waals surface area contributed by atoms with E-state index in [2.05, 4.69) is 0 Å². The highest BCUT2D eigenvalue weighted by atomic mass is 32.2. The van der Waals surface area contributed by atoms with E-state index in [1.807, 2.05) is 13.0 Å². The summed E-state index contributed by atoms with van der Waals surface area (Å²) < 4.78 is 31.2. The molecule has 2 N–H and O–H groups in total. The molecule has 0 spiro atoms. The van der Waals surface area contributed by atoms with Crippen molar-refractivity contribution in [3.63, 3.8) is 0 Å². The van der Waals surface area contributed by atoms with Crippen molar-refractivity contribution in [2.24, 2.45) is 5.73 Å². The molecule has 0 amide bonds. The van der Waals surface area contributed by atoms with E-state index in [1.54, 1.807) is 19.2 Å². The maximum atomic E-state index is 12.4. The fourth-order valence-electron chi connectivity index (χ4n) is 1.59. The smallest absolute Gasteiger partial charge is 0.246 e. The molecular weight excluding hydrogens is 252 g/mol. The molecule has 6 heteroatoms. The molecule has 1 aromatic carbocycles. The number of methoxy groups -OCH3 is 1. The van der Waals surface area contributed by atoms with Gasteiger partial charge >= 0.3 is 0 Å². The number of sulfonamides is 1.